The van der Waals surface area contributed by atoms with Gasteiger partial charge < -0.3 is 20.9 Å². The number of hydrogen-bond donors (Lipinski definition) is 2. The van der Waals surface area contributed by atoms with E-state index in [4.69, 9.17) is 5.73 Å². The molecule has 1 aromatic rings. The number of amides is 1. The minimum absolute atomic E-state index is 0.176. The fourth-order valence-corrected chi connectivity index (χ4v) is 2.11. The van der Waals surface area contributed by atoms with E-state index >= 15 is 0 Å². The lowest BCUT2D eigenvalue weighted by Gasteiger charge is -2.34. The van der Waals surface area contributed by atoms with E-state index < -0.39 is 5.54 Å². The summed E-state index contributed by atoms with van der Waals surface area (Å²) in [4.78, 5) is 16.5. The first-order chi connectivity index (χ1) is 9.36. The Hall–Kier alpha value is -1.59. The highest BCUT2D eigenvalue weighted by Crippen LogP contribution is 2.19. The van der Waals surface area contributed by atoms with Crippen LogP contribution >= 0.6 is 0 Å². The molecule has 1 aliphatic heterocycles. The second kappa shape index (κ2) is 5.81. The summed E-state index contributed by atoms with van der Waals surface area (Å²) in [5, 5.41) is 2.83. The molecule has 5 nitrogen and oxygen atoms in total. The summed E-state index contributed by atoms with van der Waals surface area (Å²) < 4.78 is 0. The summed E-state index contributed by atoms with van der Waals surface area (Å²) in [6.07, 6.45) is 0. The van der Waals surface area contributed by atoms with Gasteiger partial charge in [0.2, 0.25) is 5.91 Å². The van der Waals surface area contributed by atoms with Crippen LogP contribution in [-0.4, -0.2) is 49.6 Å². The number of carbonyl (C=O) groups excluding carboxylic acids is 1. The molecule has 0 spiro atoms. The molecule has 1 fully saturated rings. The molecule has 1 amide bonds. The Kier molecular flexibility index (Phi) is 4.30. The van der Waals surface area contributed by atoms with Gasteiger partial charge in [-0.15, -0.1) is 0 Å². The van der Waals surface area contributed by atoms with Crippen molar-refractivity contribution < 1.29 is 4.79 Å². The van der Waals surface area contributed by atoms with Crippen LogP contribution in [0, 0.1) is 0 Å². The van der Waals surface area contributed by atoms with E-state index in [-0.39, 0.29) is 5.91 Å². The lowest BCUT2D eigenvalue weighted by Crippen LogP contribution is -2.45. The number of hydrogen-bond acceptors (Lipinski definition) is 4. The minimum Gasteiger partial charge on any atom is -0.369 e. The molecule has 0 bridgehead atoms. The zero-order valence-corrected chi connectivity index (χ0v) is 12.5. The van der Waals surface area contributed by atoms with E-state index in [1.54, 1.807) is 13.8 Å². The topological polar surface area (TPSA) is 61.6 Å². The predicted octanol–water partition coefficient (Wildman–Crippen LogP) is 1.11. The molecular formula is C15H24N4O. The normalized spacial score (nSPS) is 17.1. The molecule has 0 saturated carbocycles. The highest BCUT2D eigenvalue weighted by atomic mass is 16.2. The van der Waals surface area contributed by atoms with Gasteiger partial charge in [-0.3, -0.25) is 4.79 Å². The number of piperazine rings is 1. The van der Waals surface area contributed by atoms with Crippen molar-refractivity contribution in [3.8, 4) is 0 Å². The molecule has 5 heteroatoms. The fourth-order valence-electron chi connectivity index (χ4n) is 2.11. The van der Waals surface area contributed by atoms with Gasteiger partial charge in [0.15, 0.2) is 0 Å². The molecule has 0 radical (unpaired) electrons. The highest BCUT2D eigenvalue weighted by molar-refractivity contribution is 5.97. The average molecular weight is 276 g/mol. The molecule has 0 atom stereocenters. The van der Waals surface area contributed by atoms with Crippen molar-refractivity contribution in [3.63, 3.8) is 0 Å². The Balaban J connectivity index is 1.98. The first-order valence-corrected chi connectivity index (χ1v) is 7.00. The zero-order valence-electron chi connectivity index (χ0n) is 12.5. The Bertz CT molecular complexity index is 456. The van der Waals surface area contributed by atoms with Crippen LogP contribution in [0.1, 0.15) is 13.8 Å². The third-order valence-electron chi connectivity index (χ3n) is 3.58. The lowest BCUT2D eigenvalue weighted by atomic mass is 10.1. The molecular weight excluding hydrogens is 252 g/mol. The number of nitrogens with zero attached hydrogens (tertiary/aromatic N) is 2. The Labute approximate surface area is 120 Å². The van der Waals surface area contributed by atoms with Gasteiger partial charge >= 0.3 is 0 Å². The van der Waals surface area contributed by atoms with Crippen molar-refractivity contribution >= 4 is 17.3 Å². The molecule has 20 heavy (non-hydrogen) atoms. The average Bonchev–Trinajstić information content (AvgIpc) is 2.39. The molecule has 1 saturated heterocycles. The van der Waals surface area contributed by atoms with Gasteiger partial charge in [-0.2, -0.15) is 0 Å². The van der Waals surface area contributed by atoms with Crippen LogP contribution in [0.15, 0.2) is 24.3 Å². The van der Waals surface area contributed by atoms with E-state index in [9.17, 15) is 4.79 Å². The zero-order chi connectivity index (χ0) is 14.8. The second-order valence-electron chi connectivity index (χ2n) is 6.01. The van der Waals surface area contributed by atoms with Crippen LogP contribution in [0.5, 0.6) is 0 Å². The van der Waals surface area contributed by atoms with Crippen LogP contribution < -0.4 is 16.0 Å². The lowest BCUT2D eigenvalue weighted by molar-refractivity contribution is -0.120. The van der Waals surface area contributed by atoms with Gasteiger partial charge in [0.05, 0.1) is 5.54 Å². The van der Waals surface area contributed by atoms with Gasteiger partial charge in [-0.25, -0.2) is 0 Å². The monoisotopic (exact) mass is 276 g/mol. The Morgan fingerprint density at radius 2 is 1.70 bits per heavy atom. The fraction of sp³-hybridized carbons (Fsp3) is 0.533. The number of likely N-dealkylation sites (N-methyl/N-ethyl adjacent to an activating group) is 1. The third kappa shape index (κ3) is 3.71. The summed E-state index contributed by atoms with van der Waals surface area (Å²) in [5.74, 6) is -0.176. The van der Waals surface area contributed by atoms with Gasteiger partial charge in [0.1, 0.15) is 0 Å². The highest BCUT2D eigenvalue weighted by Gasteiger charge is 2.21. The number of rotatable bonds is 3. The van der Waals surface area contributed by atoms with E-state index in [2.05, 4.69) is 22.2 Å². The maximum absolute atomic E-state index is 11.8. The molecule has 0 unspecified atom stereocenters. The molecule has 1 heterocycles. The predicted molar refractivity (Wildman–Crippen MR) is 83.0 cm³/mol. The first kappa shape index (κ1) is 14.8. The van der Waals surface area contributed by atoms with Crippen LogP contribution in [0.4, 0.5) is 11.4 Å². The SMILES string of the molecule is CN1CCN(c2ccc(NC(=O)C(C)(C)N)cc2)CC1. The molecule has 110 valence electrons. The summed E-state index contributed by atoms with van der Waals surface area (Å²) in [6, 6.07) is 7.95. The summed E-state index contributed by atoms with van der Waals surface area (Å²) in [5.41, 5.74) is 6.88. The molecule has 0 aromatic heterocycles. The smallest absolute Gasteiger partial charge is 0.243 e. The first-order valence-electron chi connectivity index (χ1n) is 7.00. The summed E-state index contributed by atoms with van der Waals surface area (Å²) in [7, 11) is 2.14. The number of nitrogens with two attached hydrogens (primary N) is 1. The van der Waals surface area contributed by atoms with Crippen LogP contribution in [0.25, 0.3) is 0 Å². The van der Waals surface area contributed by atoms with Crippen molar-refractivity contribution in [1.82, 2.24) is 4.90 Å². The minimum atomic E-state index is -0.865. The number of anilines is 2. The van der Waals surface area contributed by atoms with Crippen LogP contribution in [-0.2, 0) is 4.79 Å². The van der Waals surface area contributed by atoms with Gasteiger partial charge in [-0.05, 0) is 45.2 Å². The largest absolute Gasteiger partial charge is 0.369 e. The standard InChI is InChI=1S/C15H24N4O/c1-15(2,16)14(20)17-12-4-6-13(7-5-12)19-10-8-18(3)9-11-19/h4-7H,8-11,16H2,1-3H3,(H,17,20). The van der Waals surface area contributed by atoms with Crippen molar-refractivity contribution in [2.24, 2.45) is 5.73 Å². The van der Waals surface area contributed by atoms with Crippen LogP contribution in [0.2, 0.25) is 0 Å². The van der Waals surface area contributed by atoms with Crippen molar-refractivity contribution in [3.05, 3.63) is 24.3 Å². The maximum Gasteiger partial charge on any atom is 0.243 e. The van der Waals surface area contributed by atoms with Crippen molar-refractivity contribution in [2.45, 2.75) is 19.4 Å². The molecule has 2 rings (SSSR count). The quantitative estimate of drug-likeness (QED) is 0.868. The summed E-state index contributed by atoms with van der Waals surface area (Å²) >= 11 is 0. The van der Waals surface area contributed by atoms with E-state index in [1.165, 1.54) is 5.69 Å². The third-order valence-corrected chi connectivity index (χ3v) is 3.58. The molecule has 3 N–H and O–H groups in total. The second-order valence-corrected chi connectivity index (χ2v) is 6.01. The number of carbonyl (C=O) groups is 1. The van der Waals surface area contributed by atoms with Gasteiger partial charge in [0.25, 0.3) is 0 Å². The molecule has 1 aliphatic rings. The molecule has 0 aliphatic carbocycles. The molecule has 1 aromatic carbocycles. The number of benzene rings is 1. The van der Waals surface area contributed by atoms with E-state index in [0.29, 0.717) is 0 Å². The maximum atomic E-state index is 11.8. The van der Waals surface area contributed by atoms with Crippen molar-refractivity contribution in [1.29, 1.82) is 0 Å². The Morgan fingerprint density at radius 1 is 1.15 bits per heavy atom. The van der Waals surface area contributed by atoms with Crippen LogP contribution in [0.3, 0.4) is 0 Å². The summed E-state index contributed by atoms with van der Waals surface area (Å²) in [6.45, 7) is 7.64. The van der Waals surface area contributed by atoms with Gasteiger partial charge in [0, 0.05) is 37.6 Å². The van der Waals surface area contributed by atoms with E-state index in [1.807, 2.05) is 24.3 Å². The van der Waals surface area contributed by atoms with E-state index in [0.717, 1.165) is 31.9 Å². The number of nitrogens with one attached hydrogen (secondary N) is 1. The van der Waals surface area contributed by atoms with Crippen molar-refractivity contribution in [2.75, 3.05) is 43.4 Å². The van der Waals surface area contributed by atoms with Gasteiger partial charge in [-0.1, -0.05) is 0 Å². The Morgan fingerprint density at radius 3 is 2.20 bits per heavy atom.